The highest BCUT2D eigenvalue weighted by Crippen LogP contribution is 2.26. The van der Waals surface area contributed by atoms with Crippen LogP contribution in [0, 0.1) is 6.92 Å². The van der Waals surface area contributed by atoms with Crippen molar-refractivity contribution < 1.29 is 4.79 Å². The van der Waals surface area contributed by atoms with Crippen molar-refractivity contribution >= 4 is 44.8 Å². The quantitative estimate of drug-likeness (QED) is 0.519. The number of thiazole rings is 1. The van der Waals surface area contributed by atoms with Crippen LogP contribution in [0.3, 0.4) is 0 Å². The summed E-state index contributed by atoms with van der Waals surface area (Å²) in [7, 11) is 0. The van der Waals surface area contributed by atoms with Crippen molar-refractivity contribution in [3.05, 3.63) is 73.3 Å². The molecule has 0 saturated carbocycles. The van der Waals surface area contributed by atoms with Crippen LogP contribution in [0.1, 0.15) is 22.2 Å². The van der Waals surface area contributed by atoms with Gasteiger partial charge in [-0.15, -0.1) is 11.3 Å². The number of amides is 1. The molecule has 0 atom stereocenters. The third-order valence-corrected chi connectivity index (χ3v) is 5.75. The first kappa shape index (κ1) is 18.1. The maximum atomic E-state index is 12.6. The lowest BCUT2D eigenvalue weighted by Crippen LogP contribution is -2.17. The molecule has 0 bridgehead atoms. The smallest absolute Gasteiger partial charge is 0.280 e. The highest BCUT2D eigenvalue weighted by atomic mass is 79.9. The van der Waals surface area contributed by atoms with Crippen LogP contribution in [0.5, 0.6) is 0 Å². The first-order valence-corrected chi connectivity index (χ1v) is 9.79. The SMILES string of the molecule is CCn1c(-c2ccc(Cl)cc2)c(C)sc1=NC(=O)c1ccccc1Br. The predicted molar refractivity (Wildman–Crippen MR) is 107 cm³/mol. The fraction of sp³-hybridized carbons (Fsp3) is 0.158. The van der Waals surface area contributed by atoms with E-state index in [9.17, 15) is 4.79 Å². The largest absolute Gasteiger partial charge is 0.316 e. The zero-order valence-corrected chi connectivity index (χ0v) is 17.0. The van der Waals surface area contributed by atoms with Gasteiger partial charge in [-0.25, -0.2) is 0 Å². The van der Waals surface area contributed by atoms with Crippen molar-refractivity contribution in [1.82, 2.24) is 4.57 Å². The van der Waals surface area contributed by atoms with E-state index in [2.05, 4.69) is 25.5 Å². The van der Waals surface area contributed by atoms with E-state index < -0.39 is 0 Å². The van der Waals surface area contributed by atoms with Crippen LogP contribution in [0.15, 0.2) is 58.0 Å². The molecule has 1 heterocycles. The molecule has 1 amide bonds. The lowest BCUT2D eigenvalue weighted by atomic mass is 10.1. The number of carbonyl (C=O) groups excluding carboxylic acids is 1. The summed E-state index contributed by atoms with van der Waals surface area (Å²) in [5.41, 5.74) is 2.70. The second-order valence-corrected chi connectivity index (χ2v) is 7.91. The molecule has 3 nitrogen and oxygen atoms in total. The van der Waals surface area contributed by atoms with Gasteiger partial charge in [0.15, 0.2) is 4.80 Å². The standard InChI is InChI=1S/C19H16BrClN2OS/c1-3-23-17(13-8-10-14(21)11-9-13)12(2)25-19(23)22-18(24)15-6-4-5-7-16(15)20/h4-11H,3H2,1-2H3. The third kappa shape index (κ3) is 3.78. The maximum absolute atomic E-state index is 12.6. The van der Waals surface area contributed by atoms with Gasteiger partial charge in [-0.3, -0.25) is 4.79 Å². The van der Waals surface area contributed by atoms with Gasteiger partial charge in [-0.1, -0.05) is 35.9 Å². The Kier molecular flexibility index (Phi) is 5.57. The van der Waals surface area contributed by atoms with Gasteiger partial charge in [0.2, 0.25) is 0 Å². The van der Waals surface area contributed by atoms with Crippen molar-refractivity contribution in [2.75, 3.05) is 0 Å². The molecule has 25 heavy (non-hydrogen) atoms. The summed E-state index contributed by atoms with van der Waals surface area (Å²) < 4.78 is 2.82. The third-order valence-electron chi connectivity index (χ3n) is 3.81. The zero-order chi connectivity index (χ0) is 18.0. The fourth-order valence-corrected chi connectivity index (χ4v) is 4.29. The van der Waals surface area contributed by atoms with E-state index in [-0.39, 0.29) is 5.91 Å². The Bertz CT molecular complexity index is 989. The molecule has 1 aromatic heterocycles. The number of hydrogen-bond acceptors (Lipinski definition) is 2. The van der Waals surface area contributed by atoms with E-state index in [1.165, 1.54) is 11.3 Å². The topological polar surface area (TPSA) is 34.4 Å². The van der Waals surface area contributed by atoms with E-state index >= 15 is 0 Å². The van der Waals surface area contributed by atoms with Gasteiger partial charge in [-0.2, -0.15) is 4.99 Å². The number of aryl methyl sites for hydroxylation is 1. The number of aromatic nitrogens is 1. The molecule has 2 aromatic carbocycles. The number of rotatable bonds is 3. The van der Waals surface area contributed by atoms with Crippen molar-refractivity contribution in [1.29, 1.82) is 0 Å². The molecular weight excluding hydrogens is 420 g/mol. The molecule has 6 heteroatoms. The molecule has 0 fully saturated rings. The Morgan fingerprint density at radius 3 is 2.52 bits per heavy atom. The lowest BCUT2D eigenvalue weighted by Gasteiger charge is -2.07. The number of carbonyl (C=O) groups is 1. The van der Waals surface area contributed by atoms with E-state index in [4.69, 9.17) is 11.6 Å². The normalized spacial score (nSPS) is 11.8. The van der Waals surface area contributed by atoms with Crippen LogP contribution in [0.4, 0.5) is 0 Å². The first-order chi connectivity index (χ1) is 12.0. The summed E-state index contributed by atoms with van der Waals surface area (Å²) in [5.74, 6) is -0.251. The Morgan fingerprint density at radius 1 is 1.20 bits per heavy atom. The summed E-state index contributed by atoms with van der Waals surface area (Å²) >= 11 is 10.9. The molecule has 0 radical (unpaired) electrons. The van der Waals surface area contributed by atoms with Crippen molar-refractivity contribution in [2.24, 2.45) is 4.99 Å². The average Bonchev–Trinajstić information content (AvgIpc) is 2.91. The van der Waals surface area contributed by atoms with Gasteiger partial charge in [0.05, 0.1) is 11.3 Å². The van der Waals surface area contributed by atoms with Crippen molar-refractivity contribution in [3.63, 3.8) is 0 Å². The summed E-state index contributed by atoms with van der Waals surface area (Å²) in [6.45, 7) is 4.82. The van der Waals surface area contributed by atoms with Gasteiger partial charge in [0.1, 0.15) is 0 Å². The highest BCUT2D eigenvalue weighted by Gasteiger charge is 2.14. The predicted octanol–water partition coefficient (Wildman–Crippen LogP) is 5.70. The van der Waals surface area contributed by atoms with E-state index in [1.54, 1.807) is 6.07 Å². The monoisotopic (exact) mass is 434 g/mol. The van der Waals surface area contributed by atoms with E-state index in [0.29, 0.717) is 15.4 Å². The molecule has 0 saturated heterocycles. The highest BCUT2D eigenvalue weighted by molar-refractivity contribution is 9.10. The van der Waals surface area contributed by atoms with Crippen LogP contribution >= 0.6 is 38.9 Å². The average molecular weight is 436 g/mol. The fourth-order valence-electron chi connectivity index (χ4n) is 2.65. The van der Waals surface area contributed by atoms with Gasteiger partial charge in [-0.05, 0) is 59.6 Å². The molecule has 0 aliphatic carbocycles. The minimum Gasteiger partial charge on any atom is -0.316 e. The first-order valence-electron chi connectivity index (χ1n) is 7.81. The molecule has 0 aliphatic rings. The summed E-state index contributed by atoms with van der Waals surface area (Å²) in [4.78, 5) is 18.8. The Hall–Kier alpha value is -1.69. The van der Waals surface area contributed by atoms with Crippen molar-refractivity contribution in [2.45, 2.75) is 20.4 Å². The van der Waals surface area contributed by atoms with Gasteiger partial charge >= 0.3 is 0 Å². The molecule has 3 aromatic rings. The second-order valence-electron chi connectivity index (χ2n) is 5.44. The van der Waals surface area contributed by atoms with Gasteiger partial charge in [0.25, 0.3) is 5.91 Å². The number of benzene rings is 2. The number of hydrogen-bond donors (Lipinski definition) is 0. The molecule has 128 valence electrons. The van der Waals surface area contributed by atoms with Crippen LogP contribution in [0.2, 0.25) is 5.02 Å². The Labute approximate surface area is 163 Å². The van der Waals surface area contributed by atoms with E-state index in [0.717, 1.165) is 27.2 Å². The minimum atomic E-state index is -0.251. The Morgan fingerprint density at radius 2 is 1.88 bits per heavy atom. The summed E-state index contributed by atoms with van der Waals surface area (Å²) in [6.07, 6.45) is 0. The molecule has 0 unspecified atom stereocenters. The maximum Gasteiger partial charge on any atom is 0.280 e. The molecule has 0 spiro atoms. The molecule has 0 aliphatic heterocycles. The molecule has 0 N–H and O–H groups in total. The second kappa shape index (κ2) is 7.68. The molecule has 3 rings (SSSR count). The molecular formula is C19H16BrClN2OS. The number of nitrogens with zero attached hydrogens (tertiary/aromatic N) is 2. The summed E-state index contributed by atoms with van der Waals surface area (Å²) in [6, 6.07) is 15.0. The van der Waals surface area contributed by atoms with Crippen LogP contribution in [0.25, 0.3) is 11.3 Å². The van der Waals surface area contributed by atoms with Crippen LogP contribution in [-0.4, -0.2) is 10.5 Å². The zero-order valence-electron chi connectivity index (χ0n) is 13.8. The Balaban J connectivity index is 2.12. The summed E-state index contributed by atoms with van der Waals surface area (Å²) in [5, 5.41) is 0.702. The number of halogens is 2. The van der Waals surface area contributed by atoms with Crippen molar-refractivity contribution in [3.8, 4) is 11.3 Å². The van der Waals surface area contributed by atoms with Gasteiger partial charge < -0.3 is 4.57 Å². The van der Waals surface area contributed by atoms with E-state index in [1.807, 2.05) is 56.3 Å². The van der Waals surface area contributed by atoms with Gasteiger partial charge in [0, 0.05) is 20.9 Å². The van der Waals surface area contributed by atoms with Crippen LogP contribution in [-0.2, 0) is 6.54 Å². The van der Waals surface area contributed by atoms with Crippen LogP contribution < -0.4 is 4.80 Å². The minimum absolute atomic E-state index is 0.251. The lowest BCUT2D eigenvalue weighted by molar-refractivity contribution is 0.0997.